The van der Waals surface area contributed by atoms with Gasteiger partial charge in [0.2, 0.25) is 5.91 Å². The van der Waals surface area contributed by atoms with E-state index < -0.39 is 12.0 Å². The molecule has 0 spiro atoms. The van der Waals surface area contributed by atoms with E-state index in [-0.39, 0.29) is 12.3 Å². The fourth-order valence-corrected chi connectivity index (χ4v) is 2.11. The highest BCUT2D eigenvalue weighted by atomic mass is 16.5. The van der Waals surface area contributed by atoms with Gasteiger partial charge in [-0.1, -0.05) is 6.07 Å². The zero-order valence-electron chi connectivity index (χ0n) is 10.6. The first-order valence-corrected chi connectivity index (χ1v) is 6.02. The summed E-state index contributed by atoms with van der Waals surface area (Å²) in [4.78, 5) is 24.5. The lowest BCUT2D eigenvalue weighted by atomic mass is 10.1. The van der Waals surface area contributed by atoms with Crippen LogP contribution >= 0.6 is 0 Å². The summed E-state index contributed by atoms with van der Waals surface area (Å²) in [5.41, 5.74) is 0.723. The lowest BCUT2D eigenvalue weighted by Crippen LogP contribution is -2.55. The molecular formula is C13H16N2O4. The maximum absolute atomic E-state index is 12.2. The number of amides is 1. The van der Waals surface area contributed by atoms with Gasteiger partial charge in [-0.15, -0.1) is 0 Å². The van der Waals surface area contributed by atoms with E-state index >= 15 is 0 Å². The van der Waals surface area contributed by atoms with Crippen LogP contribution in [-0.2, 0) is 9.59 Å². The first-order chi connectivity index (χ1) is 9.11. The fourth-order valence-electron chi connectivity index (χ4n) is 2.11. The van der Waals surface area contributed by atoms with Gasteiger partial charge in [-0.3, -0.25) is 9.59 Å². The molecule has 102 valence electrons. The second-order valence-electron chi connectivity index (χ2n) is 4.30. The summed E-state index contributed by atoms with van der Waals surface area (Å²) >= 11 is 0. The molecule has 1 amide bonds. The Morgan fingerprint density at radius 3 is 3.05 bits per heavy atom. The number of carbonyl (C=O) groups is 2. The van der Waals surface area contributed by atoms with Crippen LogP contribution in [0.2, 0.25) is 0 Å². The molecule has 6 nitrogen and oxygen atoms in total. The number of benzene rings is 1. The summed E-state index contributed by atoms with van der Waals surface area (Å²) in [5.74, 6) is -0.543. The summed E-state index contributed by atoms with van der Waals surface area (Å²) in [6.07, 6.45) is -0.209. The number of nitrogens with zero attached hydrogens (tertiary/aromatic N) is 1. The van der Waals surface area contributed by atoms with E-state index in [0.29, 0.717) is 18.8 Å². The molecule has 1 fully saturated rings. The number of ether oxygens (including phenoxy) is 1. The number of rotatable bonds is 4. The van der Waals surface area contributed by atoms with Gasteiger partial charge in [0.15, 0.2) is 0 Å². The number of carbonyl (C=O) groups excluding carboxylic acids is 1. The van der Waals surface area contributed by atoms with Crippen molar-refractivity contribution in [1.29, 1.82) is 0 Å². The van der Waals surface area contributed by atoms with Gasteiger partial charge in [0.25, 0.3) is 0 Å². The summed E-state index contributed by atoms with van der Waals surface area (Å²) in [6, 6.07) is 6.50. The van der Waals surface area contributed by atoms with Crippen molar-refractivity contribution < 1.29 is 19.4 Å². The lowest BCUT2D eigenvalue weighted by molar-refractivity contribution is -0.139. The molecule has 2 N–H and O–H groups in total. The second-order valence-corrected chi connectivity index (χ2v) is 4.30. The van der Waals surface area contributed by atoms with Crippen LogP contribution in [0.15, 0.2) is 24.3 Å². The van der Waals surface area contributed by atoms with Crippen molar-refractivity contribution in [3.63, 3.8) is 0 Å². The topological polar surface area (TPSA) is 78.9 Å². The molecule has 1 heterocycles. The smallest absolute Gasteiger partial charge is 0.305 e. The number of aliphatic carboxylic acids is 1. The fraction of sp³-hybridized carbons (Fsp3) is 0.385. The van der Waals surface area contributed by atoms with Crippen LogP contribution in [0.5, 0.6) is 5.75 Å². The van der Waals surface area contributed by atoms with Gasteiger partial charge in [-0.2, -0.15) is 0 Å². The predicted octanol–water partition coefficient (Wildman–Crippen LogP) is 0.475. The minimum atomic E-state index is -0.988. The number of anilines is 1. The molecule has 0 radical (unpaired) electrons. The van der Waals surface area contributed by atoms with Gasteiger partial charge >= 0.3 is 5.97 Å². The van der Waals surface area contributed by atoms with Crippen molar-refractivity contribution >= 4 is 17.6 Å². The minimum Gasteiger partial charge on any atom is -0.497 e. The van der Waals surface area contributed by atoms with Gasteiger partial charge in [0.05, 0.1) is 19.6 Å². The molecule has 2 rings (SSSR count). The van der Waals surface area contributed by atoms with Gasteiger partial charge in [-0.05, 0) is 12.1 Å². The maximum atomic E-state index is 12.2. The molecule has 1 aromatic rings. The van der Waals surface area contributed by atoms with Gasteiger partial charge in [-0.25, -0.2) is 0 Å². The van der Waals surface area contributed by atoms with E-state index in [1.807, 2.05) is 6.07 Å². The summed E-state index contributed by atoms with van der Waals surface area (Å²) in [7, 11) is 1.56. The highest BCUT2D eigenvalue weighted by Gasteiger charge is 2.30. The van der Waals surface area contributed by atoms with E-state index in [0.717, 1.165) is 5.69 Å². The molecule has 0 bridgehead atoms. The van der Waals surface area contributed by atoms with Crippen LogP contribution < -0.4 is 15.0 Å². The zero-order chi connectivity index (χ0) is 13.8. The number of nitrogens with one attached hydrogen (secondary N) is 1. The Balaban J connectivity index is 2.18. The quantitative estimate of drug-likeness (QED) is 0.826. The third-order valence-corrected chi connectivity index (χ3v) is 3.03. The average molecular weight is 264 g/mol. The van der Waals surface area contributed by atoms with Crippen molar-refractivity contribution in [2.75, 3.05) is 25.1 Å². The summed E-state index contributed by atoms with van der Waals surface area (Å²) in [6.45, 7) is 1.09. The van der Waals surface area contributed by atoms with Crippen molar-refractivity contribution in [1.82, 2.24) is 5.32 Å². The Morgan fingerprint density at radius 2 is 2.37 bits per heavy atom. The number of methoxy groups -OCH3 is 1. The normalized spacial score (nSPS) is 19.3. The van der Waals surface area contributed by atoms with Crippen LogP contribution in [0, 0.1) is 0 Å². The highest BCUT2D eigenvalue weighted by molar-refractivity contribution is 5.99. The van der Waals surface area contributed by atoms with Crippen molar-refractivity contribution in [2.24, 2.45) is 0 Å². The van der Waals surface area contributed by atoms with Crippen molar-refractivity contribution in [3.05, 3.63) is 24.3 Å². The Morgan fingerprint density at radius 1 is 1.58 bits per heavy atom. The van der Waals surface area contributed by atoms with Gasteiger partial charge < -0.3 is 20.1 Å². The number of carboxylic acid groups (broad SMARTS) is 1. The largest absolute Gasteiger partial charge is 0.497 e. The number of piperazine rings is 1. The number of hydrogen-bond donors (Lipinski definition) is 2. The van der Waals surface area contributed by atoms with Gasteiger partial charge in [0, 0.05) is 24.8 Å². The SMILES string of the molecule is COc1cccc(N2CCNC(CC(=O)O)C2=O)c1. The number of hydrogen-bond acceptors (Lipinski definition) is 4. The molecule has 1 saturated heterocycles. The highest BCUT2D eigenvalue weighted by Crippen LogP contribution is 2.22. The third kappa shape index (κ3) is 3.03. The first-order valence-electron chi connectivity index (χ1n) is 6.02. The molecule has 1 atom stereocenters. The molecular weight excluding hydrogens is 248 g/mol. The van der Waals surface area contributed by atoms with Crippen LogP contribution in [0.25, 0.3) is 0 Å². The summed E-state index contributed by atoms with van der Waals surface area (Å²) < 4.78 is 5.12. The van der Waals surface area contributed by atoms with Gasteiger partial charge in [0.1, 0.15) is 5.75 Å². The average Bonchev–Trinajstić information content (AvgIpc) is 2.41. The van der Waals surface area contributed by atoms with E-state index in [2.05, 4.69) is 5.32 Å². The maximum Gasteiger partial charge on any atom is 0.305 e. The molecule has 0 saturated carbocycles. The van der Waals surface area contributed by atoms with Crippen LogP contribution in [-0.4, -0.2) is 43.2 Å². The van der Waals surface area contributed by atoms with E-state index in [4.69, 9.17) is 9.84 Å². The molecule has 6 heteroatoms. The molecule has 0 aliphatic carbocycles. The van der Waals surface area contributed by atoms with Crippen molar-refractivity contribution in [2.45, 2.75) is 12.5 Å². The molecule has 19 heavy (non-hydrogen) atoms. The third-order valence-electron chi connectivity index (χ3n) is 3.03. The molecule has 1 aliphatic rings. The first kappa shape index (κ1) is 13.4. The predicted molar refractivity (Wildman–Crippen MR) is 69.4 cm³/mol. The monoisotopic (exact) mass is 264 g/mol. The van der Waals surface area contributed by atoms with Crippen LogP contribution in [0.4, 0.5) is 5.69 Å². The van der Waals surface area contributed by atoms with E-state index in [1.54, 1.807) is 30.2 Å². The van der Waals surface area contributed by atoms with Crippen LogP contribution in [0.1, 0.15) is 6.42 Å². The Bertz CT molecular complexity index is 489. The van der Waals surface area contributed by atoms with Crippen LogP contribution in [0.3, 0.4) is 0 Å². The Labute approximate surface area is 111 Å². The molecule has 0 aromatic heterocycles. The zero-order valence-corrected chi connectivity index (χ0v) is 10.6. The van der Waals surface area contributed by atoms with E-state index in [1.165, 1.54) is 0 Å². The molecule has 1 aromatic carbocycles. The second kappa shape index (κ2) is 5.71. The minimum absolute atomic E-state index is 0.209. The van der Waals surface area contributed by atoms with E-state index in [9.17, 15) is 9.59 Å². The van der Waals surface area contributed by atoms with Crippen molar-refractivity contribution in [3.8, 4) is 5.75 Å². The molecule has 1 unspecified atom stereocenters. The Kier molecular flexibility index (Phi) is 4.01. The Hall–Kier alpha value is -2.08. The summed E-state index contributed by atoms with van der Waals surface area (Å²) in [5, 5.41) is 11.7. The lowest BCUT2D eigenvalue weighted by Gasteiger charge is -2.32. The number of carboxylic acids is 1. The molecule has 1 aliphatic heterocycles. The standard InChI is InChI=1S/C13H16N2O4/c1-19-10-4-2-3-9(7-10)15-6-5-14-11(13(15)18)8-12(16)17/h2-4,7,11,14H,5-6,8H2,1H3,(H,16,17).